The molecule has 0 spiro atoms. The van der Waals surface area contributed by atoms with Crippen LogP contribution in [0.3, 0.4) is 0 Å². The fourth-order valence-corrected chi connectivity index (χ4v) is 2.70. The Labute approximate surface area is 115 Å². The normalized spacial score (nSPS) is 18.9. The topological polar surface area (TPSA) is 91.0 Å². The number of urea groups is 1. The quantitative estimate of drug-likeness (QED) is 0.307. The van der Waals surface area contributed by atoms with E-state index in [2.05, 4.69) is 10.5 Å². The molecule has 1 fully saturated rings. The molecule has 1 rings (SSSR count). The maximum absolute atomic E-state index is 12.1. The molecule has 6 nitrogen and oxygen atoms in total. The standard InChI is InChI=1S/C13H26N4O2/c1-3-17(4-2)13(18)15-11(12(14)16-19)10-8-6-5-7-9-10/h10-11,19H,3-9H2,1-2H3,(H2,14,16)(H,15,18). The van der Waals surface area contributed by atoms with Crippen molar-refractivity contribution in [2.45, 2.75) is 52.0 Å². The van der Waals surface area contributed by atoms with Crippen LogP contribution in [0.1, 0.15) is 46.0 Å². The van der Waals surface area contributed by atoms with Crippen molar-refractivity contribution in [3.05, 3.63) is 0 Å². The van der Waals surface area contributed by atoms with Crippen molar-refractivity contribution in [2.24, 2.45) is 16.8 Å². The predicted octanol–water partition coefficient (Wildman–Crippen LogP) is 1.73. The number of oxime groups is 1. The zero-order chi connectivity index (χ0) is 14.3. The third kappa shape index (κ3) is 4.29. The average Bonchev–Trinajstić information content (AvgIpc) is 2.46. The Morgan fingerprint density at radius 1 is 1.37 bits per heavy atom. The summed E-state index contributed by atoms with van der Waals surface area (Å²) in [5, 5.41) is 14.9. The lowest BCUT2D eigenvalue weighted by Gasteiger charge is -2.31. The van der Waals surface area contributed by atoms with Crippen molar-refractivity contribution < 1.29 is 10.0 Å². The van der Waals surface area contributed by atoms with Crippen LogP contribution in [0, 0.1) is 5.92 Å². The molecule has 2 amide bonds. The highest BCUT2D eigenvalue weighted by atomic mass is 16.4. The van der Waals surface area contributed by atoms with Crippen LogP contribution >= 0.6 is 0 Å². The fourth-order valence-electron chi connectivity index (χ4n) is 2.70. The van der Waals surface area contributed by atoms with Gasteiger partial charge in [0.2, 0.25) is 0 Å². The zero-order valence-electron chi connectivity index (χ0n) is 11.9. The number of nitrogens with two attached hydrogens (primary N) is 1. The van der Waals surface area contributed by atoms with Gasteiger partial charge in [-0.1, -0.05) is 24.4 Å². The van der Waals surface area contributed by atoms with Crippen LogP contribution in [0.2, 0.25) is 0 Å². The molecule has 19 heavy (non-hydrogen) atoms. The second-order valence-corrected chi connectivity index (χ2v) is 5.02. The summed E-state index contributed by atoms with van der Waals surface area (Å²) in [6.45, 7) is 5.16. The molecule has 0 radical (unpaired) electrons. The first kappa shape index (κ1) is 15.6. The maximum atomic E-state index is 12.1. The summed E-state index contributed by atoms with van der Waals surface area (Å²) in [6.07, 6.45) is 5.53. The molecule has 0 aliphatic heterocycles. The van der Waals surface area contributed by atoms with Crippen molar-refractivity contribution in [3.63, 3.8) is 0 Å². The number of amidine groups is 1. The zero-order valence-corrected chi connectivity index (χ0v) is 11.9. The van der Waals surface area contributed by atoms with E-state index >= 15 is 0 Å². The molecule has 1 aliphatic carbocycles. The fraction of sp³-hybridized carbons (Fsp3) is 0.846. The molecule has 0 aromatic heterocycles. The van der Waals surface area contributed by atoms with Gasteiger partial charge in [0.25, 0.3) is 0 Å². The third-order valence-corrected chi connectivity index (χ3v) is 3.88. The van der Waals surface area contributed by atoms with Gasteiger partial charge in [0, 0.05) is 13.1 Å². The van der Waals surface area contributed by atoms with Gasteiger partial charge < -0.3 is 21.2 Å². The molecule has 1 aliphatic rings. The molecule has 0 aromatic carbocycles. The van der Waals surface area contributed by atoms with Crippen LogP contribution < -0.4 is 11.1 Å². The molecule has 1 saturated carbocycles. The molecular formula is C13H26N4O2. The van der Waals surface area contributed by atoms with Gasteiger partial charge in [-0.15, -0.1) is 0 Å². The summed E-state index contributed by atoms with van der Waals surface area (Å²) in [5.74, 6) is 0.372. The van der Waals surface area contributed by atoms with Crippen LogP contribution in [0.5, 0.6) is 0 Å². The van der Waals surface area contributed by atoms with Gasteiger partial charge in [-0.3, -0.25) is 0 Å². The Balaban J connectivity index is 2.71. The van der Waals surface area contributed by atoms with Gasteiger partial charge in [0.1, 0.15) is 0 Å². The lowest BCUT2D eigenvalue weighted by molar-refractivity contribution is 0.194. The first-order valence-electron chi connectivity index (χ1n) is 7.16. The number of hydrogen-bond acceptors (Lipinski definition) is 3. The van der Waals surface area contributed by atoms with E-state index in [1.165, 1.54) is 6.42 Å². The predicted molar refractivity (Wildman–Crippen MR) is 75.2 cm³/mol. The van der Waals surface area contributed by atoms with Gasteiger partial charge in [-0.05, 0) is 32.6 Å². The van der Waals surface area contributed by atoms with Gasteiger partial charge >= 0.3 is 6.03 Å². The number of nitrogens with one attached hydrogen (secondary N) is 1. The first-order valence-corrected chi connectivity index (χ1v) is 7.16. The average molecular weight is 270 g/mol. The van der Waals surface area contributed by atoms with Crippen molar-refractivity contribution in [1.29, 1.82) is 0 Å². The summed E-state index contributed by atoms with van der Waals surface area (Å²) < 4.78 is 0. The number of nitrogens with zero attached hydrogens (tertiary/aromatic N) is 2. The SMILES string of the molecule is CCN(CC)C(=O)NC(C(N)=NO)C1CCCCC1. The first-order chi connectivity index (χ1) is 9.13. The van der Waals surface area contributed by atoms with E-state index in [0.717, 1.165) is 25.7 Å². The van der Waals surface area contributed by atoms with Crippen LogP contribution in [0.15, 0.2) is 5.16 Å². The molecule has 0 bridgehead atoms. The van der Waals surface area contributed by atoms with Crippen LogP contribution in [-0.4, -0.2) is 41.1 Å². The highest BCUT2D eigenvalue weighted by Gasteiger charge is 2.29. The van der Waals surface area contributed by atoms with Crippen LogP contribution in [-0.2, 0) is 0 Å². The summed E-state index contributed by atoms with van der Waals surface area (Å²) in [4.78, 5) is 13.8. The molecule has 0 aromatic rings. The van der Waals surface area contributed by atoms with Crippen molar-refractivity contribution in [3.8, 4) is 0 Å². The van der Waals surface area contributed by atoms with E-state index in [0.29, 0.717) is 13.1 Å². The molecule has 110 valence electrons. The van der Waals surface area contributed by atoms with Gasteiger partial charge in [-0.2, -0.15) is 0 Å². The van der Waals surface area contributed by atoms with Crippen molar-refractivity contribution in [2.75, 3.05) is 13.1 Å². The lowest BCUT2D eigenvalue weighted by Crippen LogP contribution is -2.53. The molecule has 1 atom stereocenters. The molecule has 0 heterocycles. The number of carbonyl (C=O) groups excluding carboxylic acids is 1. The molecule has 0 saturated heterocycles. The smallest absolute Gasteiger partial charge is 0.317 e. The molecule has 1 unspecified atom stereocenters. The van der Waals surface area contributed by atoms with E-state index in [4.69, 9.17) is 10.9 Å². The molecule has 4 N–H and O–H groups in total. The summed E-state index contributed by atoms with van der Waals surface area (Å²) in [5.41, 5.74) is 5.75. The molecule has 6 heteroatoms. The van der Waals surface area contributed by atoms with Crippen LogP contribution in [0.25, 0.3) is 0 Å². The second-order valence-electron chi connectivity index (χ2n) is 5.02. The molecular weight excluding hydrogens is 244 g/mol. The van der Waals surface area contributed by atoms with Gasteiger partial charge in [0.05, 0.1) is 6.04 Å². The Bertz CT molecular complexity index is 310. The highest BCUT2D eigenvalue weighted by Crippen LogP contribution is 2.26. The number of carbonyl (C=O) groups is 1. The van der Waals surface area contributed by atoms with Crippen molar-refractivity contribution >= 4 is 11.9 Å². The monoisotopic (exact) mass is 270 g/mol. The van der Waals surface area contributed by atoms with Gasteiger partial charge in [0.15, 0.2) is 5.84 Å². The van der Waals surface area contributed by atoms with Crippen LogP contribution in [0.4, 0.5) is 4.79 Å². The minimum Gasteiger partial charge on any atom is -0.409 e. The Morgan fingerprint density at radius 3 is 2.42 bits per heavy atom. The third-order valence-electron chi connectivity index (χ3n) is 3.88. The van der Waals surface area contributed by atoms with E-state index in [1.807, 2.05) is 13.8 Å². The maximum Gasteiger partial charge on any atom is 0.317 e. The summed E-state index contributed by atoms with van der Waals surface area (Å²) in [7, 11) is 0. The van der Waals surface area contributed by atoms with E-state index in [-0.39, 0.29) is 23.8 Å². The Hall–Kier alpha value is -1.46. The number of hydrogen-bond donors (Lipinski definition) is 3. The second kappa shape index (κ2) is 7.86. The van der Waals surface area contributed by atoms with Gasteiger partial charge in [-0.25, -0.2) is 4.79 Å². The lowest BCUT2D eigenvalue weighted by atomic mass is 9.83. The largest absolute Gasteiger partial charge is 0.409 e. The Morgan fingerprint density at radius 2 is 1.95 bits per heavy atom. The summed E-state index contributed by atoms with van der Waals surface area (Å²) in [6, 6.07) is -0.509. The summed E-state index contributed by atoms with van der Waals surface area (Å²) >= 11 is 0. The number of rotatable bonds is 5. The minimum atomic E-state index is -0.363. The van der Waals surface area contributed by atoms with E-state index in [9.17, 15) is 4.79 Å². The Kier molecular flexibility index (Phi) is 6.45. The van der Waals surface area contributed by atoms with E-state index < -0.39 is 0 Å². The highest BCUT2D eigenvalue weighted by molar-refractivity contribution is 5.89. The van der Waals surface area contributed by atoms with Crippen molar-refractivity contribution in [1.82, 2.24) is 10.2 Å². The van der Waals surface area contributed by atoms with E-state index in [1.54, 1.807) is 4.90 Å². The minimum absolute atomic E-state index is 0.104. The number of amides is 2.